The number of aryl methyl sites for hydroxylation is 1. The Labute approximate surface area is 134 Å². The van der Waals surface area contributed by atoms with Crippen LogP contribution in [0.2, 0.25) is 5.02 Å². The van der Waals surface area contributed by atoms with Crippen LogP contribution in [0.3, 0.4) is 0 Å². The zero-order valence-corrected chi connectivity index (χ0v) is 13.0. The first kappa shape index (κ1) is 16.7. The third-order valence-corrected chi connectivity index (χ3v) is 4.07. The summed E-state index contributed by atoms with van der Waals surface area (Å²) in [4.78, 5) is 10.7. The minimum atomic E-state index is -2.85. The van der Waals surface area contributed by atoms with E-state index in [-0.39, 0.29) is 15.9 Å². The molecule has 118 valence electrons. The standard InChI is InChI=1S/C13H12ClF2N3O2S/c1-2-7-3-4-8(14)9(5-7)19-12(11(15)16)17-18-13(19)22-6-10(20)21/h3-5,11H,2,6H2,1H3,(H,20,21). The molecule has 0 aliphatic rings. The molecule has 0 aliphatic carbocycles. The molecule has 0 saturated carbocycles. The number of aromatic nitrogens is 3. The first-order valence-electron chi connectivity index (χ1n) is 6.30. The van der Waals surface area contributed by atoms with Gasteiger partial charge in [-0.05, 0) is 24.1 Å². The first-order chi connectivity index (χ1) is 10.4. The lowest BCUT2D eigenvalue weighted by molar-refractivity contribution is -0.133. The molecule has 22 heavy (non-hydrogen) atoms. The SMILES string of the molecule is CCc1ccc(Cl)c(-n2c(SCC(=O)O)nnc2C(F)F)c1. The number of nitrogens with zero attached hydrogens (tertiary/aromatic N) is 3. The summed E-state index contributed by atoms with van der Waals surface area (Å²) in [5.74, 6) is -1.96. The molecule has 0 aliphatic heterocycles. The second-order valence-corrected chi connectivity index (χ2v) is 5.65. The molecule has 0 spiro atoms. The summed E-state index contributed by atoms with van der Waals surface area (Å²) in [5, 5.41) is 16.2. The van der Waals surface area contributed by atoms with Crippen LogP contribution in [0.25, 0.3) is 5.69 Å². The summed E-state index contributed by atoms with van der Waals surface area (Å²) in [6.45, 7) is 1.92. The van der Waals surface area contributed by atoms with Crippen LogP contribution in [-0.2, 0) is 11.2 Å². The topological polar surface area (TPSA) is 68.0 Å². The van der Waals surface area contributed by atoms with E-state index in [1.54, 1.807) is 18.2 Å². The van der Waals surface area contributed by atoms with E-state index in [9.17, 15) is 13.6 Å². The maximum absolute atomic E-state index is 13.1. The summed E-state index contributed by atoms with van der Waals surface area (Å²) in [6.07, 6.45) is -2.15. The molecule has 1 aromatic carbocycles. The highest BCUT2D eigenvalue weighted by atomic mass is 35.5. The van der Waals surface area contributed by atoms with E-state index in [4.69, 9.17) is 16.7 Å². The molecule has 1 N–H and O–H groups in total. The number of carbonyl (C=O) groups is 1. The van der Waals surface area contributed by atoms with Crippen molar-refractivity contribution in [2.75, 3.05) is 5.75 Å². The van der Waals surface area contributed by atoms with Crippen LogP contribution >= 0.6 is 23.4 Å². The molecule has 0 bridgehead atoms. The van der Waals surface area contributed by atoms with Crippen molar-refractivity contribution in [3.05, 3.63) is 34.6 Å². The monoisotopic (exact) mass is 347 g/mol. The quantitative estimate of drug-likeness (QED) is 0.809. The highest BCUT2D eigenvalue weighted by Gasteiger charge is 2.23. The Morgan fingerprint density at radius 1 is 1.45 bits per heavy atom. The zero-order valence-electron chi connectivity index (χ0n) is 11.5. The molecular formula is C13H12ClF2N3O2S. The van der Waals surface area contributed by atoms with Gasteiger partial charge in [0.25, 0.3) is 6.43 Å². The highest BCUT2D eigenvalue weighted by Crippen LogP contribution is 2.31. The predicted octanol–water partition coefficient (Wildman–Crippen LogP) is 3.60. The molecule has 1 aromatic heterocycles. The average Bonchev–Trinajstić information content (AvgIpc) is 2.89. The Morgan fingerprint density at radius 2 is 2.18 bits per heavy atom. The van der Waals surface area contributed by atoms with Crippen LogP contribution in [0.1, 0.15) is 24.7 Å². The fourth-order valence-corrected chi connectivity index (χ4v) is 2.69. The van der Waals surface area contributed by atoms with Crippen molar-refractivity contribution in [2.45, 2.75) is 24.9 Å². The van der Waals surface area contributed by atoms with Crippen molar-refractivity contribution in [3.63, 3.8) is 0 Å². The van der Waals surface area contributed by atoms with Gasteiger partial charge in [-0.15, -0.1) is 10.2 Å². The molecule has 0 saturated heterocycles. The first-order valence-corrected chi connectivity index (χ1v) is 7.67. The molecule has 0 unspecified atom stereocenters. The van der Waals surface area contributed by atoms with Gasteiger partial charge in [0.05, 0.1) is 16.5 Å². The maximum atomic E-state index is 13.1. The van der Waals surface area contributed by atoms with Gasteiger partial charge in [0.2, 0.25) is 5.82 Å². The third kappa shape index (κ3) is 3.56. The van der Waals surface area contributed by atoms with E-state index in [1.165, 1.54) is 0 Å². The Balaban J connectivity index is 2.55. The Kier molecular flexibility index (Phi) is 5.36. The van der Waals surface area contributed by atoms with Gasteiger partial charge in [0, 0.05) is 0 Å². The maximum Gasteiger partial charge on any atom is 0.313 e. The van der Waals surface area contributed by atoms with E-state index in [0.717, 1.165) is 21.9 Å². The number of rotatable bonds is 6. The van der Waals surface area contributed by atoms with Crippen LogP contribution in [0.4, 0.5) is 8.78 Å². The van der Waals surface area contributed by atoms with Crippen molar-refractivity contribution >= 4 is 29.3 Å². The van der Waals surface area contributed by atoms with Gasteiger partial charge in [-0.2, -0.15) is 0 Å². The number of alkyl halides is 2. The van der Waals surface area contributed by atoms with E-state index in [0.29, 0.717) is 12.1 Å². The minimum Gasteiger partial charge on any atom is -0.481 e. The van der Waals surface area contributed by atoms with Crippen molar-refractivity contribution in [1.82, 2.24) is 14.8 Å². The van der Waals surface area contributed by atoms with Crippen LogP contribution in [-0.4, -0.2) is 31.6 Å². The number of halogens is 3. The smallest absolute Gasteiger partial charge is 0.313 e. The van der Waals surface area contributed by atoms with Crippen LogP contribution in [0, 0.1) is 0 Å². The van der Waals surface area contributed by atoms with Gasteiger partial charge in [-0.3, -0.25) is 9.36 Å². The second-order valence-electron chi connectivity index (χ2n) is 4.30. The summed E-state index contributed by atoms with van der Waals surface area (Å²) in [6, 6.07) is 5.07. The van der Waals surface area contributed by atoms with E-state index >= 15 is 0 Å². The van der Waals surface area contributed by atoms with Crippen LogP contribution in [0.5, 0.6) is 0 Å². The summed E-state index contributed by atoms with van der Waals surface area (Å²) >= 11 is 6.92. The number of benzene rings is 1. The normalized spacial score (nSPS) is 11.1. The van der Waals surface area contributed by atoms with E-state index in [2.05, 4.69) is 10.2 Å². The third-order valence-electron chi connectivity index (χ3n) is 2.84. The summed E-state index contributed by atoms with van der Waals surface area (Å²) < 4.78 is 27.4. The Bertz CT molecular complexity index is 694. The molecule has 9 heteroatoms. The van der Waals surface area contributed by atoms with Gasteiger partial charge in [0.15, 0.2) is 5.16 Å². The van der Waals surface area contributed by atoms with Gasteiger partial charge >= 0.3 is 5.97 Å². The Hall–Kier alpha value is -1.67. The molecular weight excluding hydrogens is 336 g/mol. The summed E-state index contributed by atoms with van der Waals surface area (Å²) in [7, 11) is 0. The molecule has 0 fully saturated rings. The Morgan fingerprint density at radius 3 is 2.77 bits per heavy atom. The second kappa shape index (κ2) is 7.06. The molecule has 2 rings (SSSR count). The van der Waals surface area contributed by atoms with Crippen molar-refractivity contribution in [3.8, 4) is 5.69 Å². The molecule has 2 aromatic rings. The van der Waals surface area contributed by atoms with Gasteiger partial charge in [0.1, 0.15) is 0 Å². The predicted molar refractivity (Wildman–Crippen MR) is 79.1 cm³/mol. The van der Waals surface area contributed by atoms with E-state index < -0.39 is 18.2 Å². The number of carboxylic acids is 1. The van der Waals surface area contributed by atoms with E-state index in [1.807, 2.05) is 6.92 Å². The van der Waals surface area contributed by atoms with Gasteiger partial charge < -0.3 is 5.11 Å². The molecule has 0 atom stereocenters. The van der Waals surface area contributed by atoms with Gasteiger partial charge in [-0.1, -0.05) is 36.4 Å². The number of hydrogen-bond donors (Lipinski definition) is 1. The number of aliphatic carboxylic acids is 1. The molecule has 1 heterocycles. The minimum absolute atomic E-state index is 0.0628. The number of hydrogen-bond acceptors (Lipinski definition) is 4. The molecule has 0 amide bonds. The van der Waals surface area contributed by atoms with Crippen LogP contribution in [0.15, 0.2) is 23.4 Å². The van der Waals surface area contributed by atoms with Gasteiger partial charge in [-0.25, -0.2) is 8.78 Å². The highest BCUT2D eigenvalue weighted by molar-refractivity contribution is 7.99. The molecule has 5 nitrogen and oxygen atoms in total. The molecule has 0 radical (unpaired) electrons. The van der Waals surface area contributed by atoms with Crippen LogP contribution < -0.4 is 0 Å². The number of carboxylic acid groups (broad SMARTS) is 1. The van der Waals surface area contributed by atoms with Crippen molar-refractivity contribution in [1.29, 1.82) is 0 Å². The van der Waals surface area contributed by atoms with Crippen molar-refractivity contribution < 1.29 is 18.7 Å². The zero-order chi connectivity index (χ0) is 16.3. The lowest BCUT2D eigenvalue weighted by Crippen LogP contribution is -2.06. The lowest BCUT2D eigenvalue weighted by atomic mass is 10.1. The fraction of sp³-hybridized carbons (Fsp3) is 0.308. The largest absolute Gasteiger partial charge is 0.481 e. The number of thioether (sulfide) groups is 1. The van der Waals surface area contributed by atoms with Crippen molar-refractivity contribution in [2.24, 2.45) is 0 Å². The average molecular weight is 348 g/mol. The fourth-order valence-electron chi connectivity index (χ4n) is 1.82. The summed E-state index contributed by atoms with van der Waals surface area (Å²) in [5.41, 5.74) is 1.22. The lowest BCUT2D eigenvalue weighted by Gasteiger charge is -2.12.